The van der Waals surface area contributed by atoms with E-state index in [2.05, 4.69) is 47.1 Å². The molecule has 0 saturated carbocycles. The van der Waals surface area contributed by atoms with Crippen molar-refractivity contribution in [1.82, 2.24) is 10.2 Å². The minimum Gasteiger partial charge on any atom is -0.312 e. The Morgan fingerprint density at radius 3 is 2.79 bits per heavy atom. The predicted octanol–water partition coefficient (Wildman–Crippen LogP) is 2.92. The second-order valence-electron chi connectivity index (χ2n) is 5.85. The van der Waals surface area contributed by atoms with Crippen LogP contribution in [0, 0.1) is 0 Å². The molecular formula is C17H24N2. The minimum absolute atomic E-state index is 0.714. The molecule has 2 heterocycles. The molecule has 2 heteroatoms. The topological polar surface area (TPSA) is 15.3 Å². The van der Waals surface area contributed by atoms with Gasteiger partial charge in [-0.2, -0.15) is 0 Å². The summed E-state index contributed by atoms with van der Waals surface area (Å²) in [6, 6.07) is 12.0. The van der Waals surface area contributed by atoms with Crippen LogP contribution in [0.1, 0.15) is 31.2 Å². The normalized spacial score (nSPS) is 27.8. The summed E-state index contributed by atoms with van der Waals surface area (Å²) in [5.74, 6) is 0. The lowest BCUT2D eigenvalue weighted by Gasteiger charge is -2.30. The van der Waals surface area contributed by atoms with Crippen LogP contribution in [0.25, 0.3) is 5.57 Å². The van der Waals surface area contributed by atoms with E-state index in [0.29, 0.717) is 6.04 Å². The van der Waals surface area contributed by atoms with E-state index in [0.717, 1.165) is 12.6 Å². The van der Waals surface area contributed by atoms with Gasteiger partial charge in [-0.1, -0.05) is 36.9 Å². The summed E-state index contributed by atoms with van der Waals surface area (Å²) in [7, 11) is 0. The molecule has 102 valence electrons. The largest absolute Gasteiger partial charge is 0.312 e. The Hall–Kier alpha value is -1.12. The molecule has 2 saturated heterocycles. The third-order valence-electron chi connectivity index (χ3n) is 4.55. The molecule has 0 amide bonds. The lowest BCUT2D eigenvalue weighted by atomic mass is 10.0. The van der Waals surface area contributed by atoms with E-state index in [1.165, 1.54) is 49.9 Å². The third-order valence-corrected chi connectivity index (χ3v) is 4.55. The maximum Gasteiger partial charge on any atom is 0.0253 e. The Morgan fingerprint density at radius 1 is 1.21 bits per heavy atom. The first kappa shape index (κ1) is 12.9. The SMILES string of the molecule is C=C(CN1CCCC1C1CCCN1)c1ccccc1. The number of nitrogens with one attached hydrogen (secondary N) is 1. The summed E-state index contributed by atoms with van der Waals surface area (Å²) in [6.07, 6.45) is 5.37. The van der Waals surface area contributed by atoms with Gasteiger partial charge in [0.1, 0.15) is 0 Å². The summed E-state index contributed by atoms with van der Waals surface area (Å²) in [5, 5.41) is 3.67. The maximum atomic E-state index is 4.29. The molecule has 0 spiro atoms. The molecule has 1 aromatic rings. The first-order valence-electron chi connectivity index (χ1n) is 7.55. The average molecular weight is 256 g/mol. The predicted molar refractivity (Wildman–Crippen MR) is 81.1 cm³/mol. The lowest BCUT2D eigenvalue weighted by molar-refractivity contribution is 0.238. The molecule has 3 rings (SSSR count). The summed E-state index contributed by atoms with van der Waals surface area (Å²) >= 11 is 0. The molecule has 0 bridgehead atoms. The van der Waals surface area contributed by atoms with Crippen molar-refractivity contribution in [2.45, 2.75) is 37.8 Å². The van der Waals surface area contributed by atoms with E-state index >= 15 is 0 Å². The highest BCUT2D eigenvalue weighted by atomic mass is 15.2. The van der Waals surface area contributed by atoms with Crippen LogP contribution in [0.5, 0.6) is 0 Å². The molecule has 2 nitrogen and oxygen atoms in total. The summed E-state index contributed by atoms with van der Waals surface area (Å²) < 4.78 is 0. The summed E-state index contributed by atoms with van der Waals surface area (Å²) in [5.41, 5.74) is 2.54. The standard InChI is InChI=1S/C17H24N2/c1-14(15-7-3-2-4-8-15)13-19-12-6-10-17(19)16-9-5-11-18-16/h2-4,7-8,16-18H,1,5-6,9-13H2. The van der Waals surface area contributed by atoms with Crippen LogP contribution >= 0.6 is 0 Å². The number of nitrogens with zero attached hydrogens (tertiary/aromatic N) is 1. The van der Waals surface area contributed by atoms with Crippen molar-refractivity contribution in [1.29, 1.82) is 0 Å². The first-order chi connectivity index (χ1) is 9.34. The van der Waals surface area contributed by atoms with Crippen LogP contribution in [-0.4, -0.2) is 36.6 Å². The van der Waals surface area contributed by atoms with E-state index < -0.39 is 0 Å². The van der Waals surface area contributed by atoms with Gasteiger partial charge >= 0.3 is 0 Å². The fourth-order valence-electron chi connectivity index (χ4n) is 3.55. The van der Waals surface area contributed by atoms with Gasteiger partial charge in [0, 0.05) is 18.6 Å². The van der Waals surface area contributed by atoms with Gasteiger partial charge in [0.15, 0.2) is 0 Å². The molecule has 2 aliphatic rings. The molecule has 0 aromatic heterocycles. The van der Waals surface area contributed by atoms with Gasteiger partial charge in [-0.3, -0.25) is 4.90 Å². The molecule has 0 aliphatic carbocycles. The molecule has 19 heavy (non-hydrogen) atoms. The fraction of sp³-hybridized carbons (Fsp3) is 0.529. The van der Waals surface area contributed by atoms with Crippen LogP contribution in [-0.2, 0) is 0 Å². The molecule has 0 radical (unpaired) electrons. The molecular weight excluding hydrogens is 232 g/mol. The van der Waals surface area contributed by atoms with E-state index in [1.807, 2.05) is 0 Å². The van der Waals surface area contributed by atoms with Crippen LogP contribution in [0.3, 0.4) is 0 Å². The first-order valence-corrected chi connectivity index (χ1v) is 7.55. The van der Waals surface area contributed by atoms with Crippen LogP contribution in [0.15, 0.2) is 36.9 Å². The Balaban J connectivity index is 1.63. The van der Waals surface area contributed by atoms with Crippen molar-refractivity contribution in [2.75, 3.05) is 19.6 Å². The Kier molecular flexibility index (Phi) is 4.00. The number of likely N-dealkylation sites (tertiary alicyclic amines) is 1. The van der Waals surface area contributed by atoms with Crippen molar-refractivity contribution < 1.29 is 0 Å². The highest BCUT2D eigenvalue weighted by molar-refractivity contribution is 5.64. The van der Waals surface area contributed by atoms with Gasteiger partial charge in [0.05, 0.1) is 0 Å². The fourth-order valence-corrected chi connectivity index (χ4v) is 3.55. The van der Waals surface area contributed by atoms with Crippen molar-refractivity contribution in [3.63, 3.8) is 0 Å². The molecule has 2 unspecified atom stereocenters. The van der Waals surface area contributed by atoms with Crippen LogP contribution in [0.4, 0.5) is 0 Å². The van der Waals surface area contributed by atoms with E-state index in [4.69, 9.17) is 0 Å². The van der Waals surface area contributed by atoms with Crippen molar-refractivity contribution in [3.05, 3.63) is 42.5 Å². The van der Waals surface area contributed by atoms with Crippen LogP contribution < -0.4 is 5.32 Å². The number of rotatable bonds is 4. The lowest BCUT2D eigenvalue weighted by Crippen LogP contribution is -2.44. The maximum absolute atomic E-state index is 4.29. The van der Waals surface area contributed by atoms with Gasteiger partial charge in [0.2, 0.25) is 0 Å². The van der Waals surface area contributed by atoms with E-state index in [1.54, 1.807) is 0 Å². The zero-order chi connectivity index (χ0) is 13.1. The quantitative estimate of drug-likeness (QED) is 0.891. The zero-order valence-corrected chi connectivity index (χ0v) is 11.6. The van der Waals surface area contributed by atoms with Crippen LogP contribution in [0.2, 0.25) is 0 Å². The highest BCUT2D eigenvalue weighted by Crippen LogP contribution is 2.27. The average Bonchev–Trinajstić information content (AvgIpc) is 3.10. The summed E-state index contributed by atoms with van der Waals surface area (Å²) in [4.78, 5) is 2.64. The Morgan fingerprint density at radius 2 is 2.05 bits per heavy atom. The molecule has 2 fully saturated rings. The molecule has 2 aliphatic heterocycles. The minimum atomic E-state index is 0.714. The monoisotopic (exact) mass is 256 g/mol. The van der Waals surface area contributed by atoms with Gasteiger partial charge in [-0.25, -0.2) is 0 Å². The second-order valence-corrected chi connectivity index (χ2v) is 5.85. The van der Waals surface area contributed by atoms with Gasteiger partial charge in [-0.05, 0) is 49.9 Å². The zero-order valence-electron chi connectivity index (χ0n) is 11.6. The Bertz CT molecular complexity index is 420. The van der Waals surface area contributed by atoms with E-state index in [-0.39, 0.29) is 0 Å². The highest BCUT2D eigenvalue weighted by Gasteiger charge is 2.33. The molecule has 1 N–H and O–H groups in total. The smallest absolute Gasteiger partial charge is 0.0253 e. The number of benzene rings is 1. The summed E-state index contributed by atoms with van der Waals surface area (Å²) in [6.45, 7) is 7.74. The van der Waals surface area contributed by atoms with Crippen molar-refractivity contribution in [2.24, 2.45) is 0 Å². The van der Waals surface area contributed by atoms with Crippen molar-refractivity contribution >= 4 is 5.57 Å². The van der Waals surface area contributed by atoms with Gasteiger partial charge in [0.25, 0.3) is 0 Å². The van der Waals surface area contributed by atoms with E-state index in [9.17, 15) is 0 Å². The third kappa shape index (κ3) is 2.90. The molecule has 2 atom stereocenters. The Labute approximate surface area is 116 Å². The van der Waals surface area contributed by atoms with Gasteiger partial charge in [-0.15, -0.1) is 0 Å². The number of hydrogen-bond donors (Lipinski definition) is 1. The van der Waals surface area contributed by atoms with Gasteiger partial charge < -0.3 is 5.32 Å². The van der Waals surface area contributed by atoms with Crippen molar-refractivity contribution in [3.8, 4) is 0 Å². The number of hydrogen-bond acceptors (Lipinski definition) is 2. The molecule has 1 aromatic carbocycles. The second kappa shape index (κ2) is 5.89.